The fourth-order valence-corrected chi connectivity index (χ4v) is 4.01. The number of nitrogens with zero attached hydrogens (tertiary/aromatic N) is 1. The van der Waals surface area contributed by atoms with E-state index in [1.54, 1.807) is 36.4 Å². The summed E-state index contributed by atoms with van der Waals surface area (Å²) in [5.74, 6) is -0.135. The summed E-state index contributed by atoms with van der Waals surface area (Å²) in [5, 5.41) is 6.87. The molecule has 0 bridgehead atoms. The fraction of sp³-hybridized carbons (Fsp3) is 0.192. The molecule has 1 heterocycles. The molecule has 4 aromatic rings. The highest BCUT2D eigenvalue weighted by Gasteiger charge is 2.23. The number of imidazole rings is 1. The third kappa shape index (κ3) is 5.95. The van der Waals surface area contributed by atoms with Crippen LogP contribution in [0, 0.1) is 6.92 Å². The summed E-state index contributed by atoms with van der Waals surface area (Å²) < 4.78 is 0. The Morgan fingerprint density at radius 1 is 0.833 bits per heavy atom. The Morgan fingerprint density at radius 3 is 2.17 bits per heavy atom. The first-order valence-electron chi connectivity index (χ1n) is 10.8. The van der Waals surface area contributed by atoms with Gasteiger partial charge in [-0.1, -0.05) is 61.6 Å². The SMILES string of the molecule is Cc1ccc(NC(=O)c2cc(NC(=O)c3cc(Cl)ccc3Cl)cc3[nH]c(C(C)(C)C)nc23)cc1Cl.Cl. The van der Waals surface area contributed by atoms with E-state index >= 15 is 0 Å². The topological polar surface area (TPSA) is 86.9 Å². The largest absolute Gasteiger partial charge is 0.341 e. The monoisotopic (exact) mass is 564 g/mol. The van der Waals surface area contributed by atoms with Crippen molar-refractivity contribution >= 4 is 81.4 Å². The summed E-state index contributed by atoms with van der Waals surface area (Å²) in [6.45, 7) is 7.93. The molecule has 2 amide bonds. The number of H-pyrrole nitrogens is 1. The van der Waals surface area contributed by atoms with Crippen LogP contribution in [0.15, 0.2) is 48.5 Å². The Kier molecular flexibility index (Phi) is 8.26. The summed E-state index contributed by atoms with van der Waals surface area (Å²) in [6, 6.07) is 13.2. The zero-order chi connectivity index (χ0) is 25.5. The maximum absolute atomic E-state index is 13.3. The number of hydrogen-bond acceptors (Lipinski definition) is 3. The molecule has 0 aliphatic carbocycles. The highest BCUT2D eigenvalue weighted by atomic mass is 35.5. The van der Waals surface area contributed by atoms with E-state index in [0.717, 1.165) is 5.56 Å². The van der Waals surface area contributed by atoms with Crippen LogP contribution in [0.4, 0.5) is 11.4 Å². The third-order valence-corrected chi connectivity index (χ3v) is 6.37. The van der Waals surface area contributed by atoms with Gasteiger partial charge in [0.2, 0.25) is 0 Å². The van der Waals surface area contributed by atoms with Crippen LogP contribution in [0.25, 0.3) is 11.0 Å². The lowest BCUT2D eigenvalue weighted by Gasteiger charge is -2.13. The quantitative estimate of drug-likeness (QED) is 0.234. The molecule has 10 heteroatoms. The number of hydrogen-bond donors (Lipinski definition) is 3. The number of aromatic amines is 1. The molecule has 3 N–H and O–H groups in total. The van der Waals surface area contributed by atoms with Crippen molar-refractivity contribution in [3.63, 3.8) is 0 Å². The number of aromatic nitrogens is 2. The van der Waals surface area contributed by atoms with Gasteiger partial charge in [-0.3, -0.25) is 9.59 Å². The first-order valence-corrected chi connectivity index (χ1v) is 11.9. The zero-order valence-electron chi connectivity index (χ0n) is 19.9. The Bertz CT molecular complexity index is 1480. The predicted octanol–water partition coefficient (Wildman–Crippen LogP) is 8.06. The minimum absolute atomic E-state index is 0. The molecule has 0 radical (unpaired) electrons. The number of amides is 2. The average Bonchev–Trinajstić information content (AvgIpc) is 3.22. The summed E-state index contributed by atoms with van der Waals surface area (Å²) in [5.41, 5.74) is 3.17. The number of benzene rings is 3. The van der Waals surface area contributed by atoms with E-state index in [1.165, 1.54) is 6.07 Å². The van der Waals surface area contributed by atoms with Gasteiger partial charge in [0.05, 0.1) is 21.7 Å². The van der Waals surface area contributed by atoms with Gasteiger partial charge >= 0.3 is 0 Å². The molecule has 0 saturated heterocycles. The standard InChI is InChI=1S/C26H23Cl3N4O2.ClH/c1-13-5-7-15(11-20(13)29)30-24(35)18-10-16(12-21-22(18)33-25(32-21)26(2,3)4)31-23(34)17-9-14(27)6-8-19(17)28;/h5-12H,1-4H3,(H,30,35)(H,31,34)(H,32,33);1H. The first-order chi connectivity index (χ1) is 16.4. The van der Waals surface area contributed by atoms with Crippen molar-refractivity contribution in [1.29, 1.82) is 0 Å². The second kappa shape index (κ2) is 10.7. The van der Waals surface area contributed by atoms with Gasteiger partial charge in [-0.2, -0.15) is 0 Å². The highest BCUT2D eigenvalue weighted by molar-refractivity contribution is 6.36. The van der Waals surface area contributed by atoms with Gasteiger partial charge < -0.3 is 15.6 Å². The fourth-order valence-electron chi connectivity index (χ4n) is 3.46. The molecule has 0 aliphatic rings. The van der Waals surface area contributed by atoms with Crippen LogP contribution in [0.1, 0.15) is 52.9 Å². The second-order valence-electron chi connectivity index (χ2n) is 9.25. The Morgan fingerprint density at radius 2 is 1.50 bits per heavy atom. The van der Waals surface area contributed by atoms with E-state index in [-0.39, 0.29) is 28.4 Å². The number of rotatable bonds is 4. The number of nitrogens with one attached hydrogen (secondary N) is 3. The Hall–Kier alpha value is -2.77. The van der Waals surface area contributed by atoms with Crippen LogP contribution >= 0.6 is 47.2 Å². The Labute approximate surface area is 230 Å². The second-order valence-corrected chi connectivity index (χ2v) is 10.5. The normalized spacial score (nSPS) is 11.2. The third-order valence-electron chi connectivity index (χ3n) is 5.40. The molecule has 1 aromatic heterocycles. The van der Waals surface area contributed by atoms with Crippen molar-refractivity contribution in [2.24, 2.45) is 0 Å². The molecule has 0 aliphatic heterocycles. The molecule has 0 fully saturated rings. The van der Waals surface area contributed by atoms with Crippen molar-refractivity contribution in [3.8, 4) is 0 Å². The maximum Gasteiger partial charge on any atom is 0.258 e. The molecular formula is C26H24Cl4N4O2. The van der Waals surface area contributed by atoms with Gasteiger partial charge in [0, 0.05) is 26.8 Å². The molecule has 3 aromatic carbocycles. The van der Waals surface area contributed by atoms with Crippen LogP contribution in [0.3, 0.4) is 0 Å². The highest BCUT2D eigenvalue weighted by Crippen LogP contribution is 2.29. The number of fused-ring (bicyclic) bond motifs is 1. The number of anilines is 2. The summed E-state index contributed by atoms with van der Waals surface area (Å²) in [7, 11) is 0. The van der Waals surface area contributed by atoms with Crippen molar-refractivity contribution in [3.05, 3.63) is 86.1 Å². The predicted molar refractivity (Wildman–Crippen MR) is 151 cm³/mol. The van der Waals surface area contributed by atoms with E-state index in [1.807, 2.05) is 33.8 Å². The molecule has 0 spiro atoms. The number of aryl methyl sites for hydroxylation is 1. The van der Waals surface area contributed by atoms with Crippen molar-refractivity contribution < 1.29 is 9.59 Å². The van der Waals surface area contributed by atoms with Crippen LogP contribution in [0.5, 0.6) is 0 Å². The van der Waals surface area contributed by atoms with E-state index in [0.29, 0.717) is 43.8 Å². The summed E-state index contributed by atoms with van der Waals surface area (Å²) in [6.07, 6.45) is 0. The number of carbonyl (C=O) groups excluding carboxylic acids is 2. The van der Waals surface area contributed by atoms with Gasteiger partial charge in [-0.05, 0) is 55.0 Å². The van der Waals surface area contributed by atoms with Gasteiger partial charge in [-0.25, -0.2) is 4.98 Å². The van der Waals surface area contributed by atoms with E-state index < -0.39 is 11.8 Å². The van der Waals surface area contributed by atoms with Crippen LogP contribution < -0.4 is 10.6 Å². The van der Waals surface area contributed by atoms with Gasteiger partial charge in [-0.15, -0.1) is 12.4 Å². The van der Waals surface area contributed by atoms with Crippen LogP contribution in [-0.2, 0) is 5.41 Å². The molecule has 188 valence electrons. The minimum Gasteiger partial charge on any atom is -0.341 e. The molecule has 0 unspecified atom stereocenters. The molecular weight excluding hydrogens is 542 g/mol. The van der Waals surface area contributed by atoms with Gasteiger partial charge in [0.1, 0.15) is 11.3 Å². The van der Waals surface area contributed by atoms with E-state index in [9.17, 15) is 9.59 Å². The van der Waals surface area contributed by atoms with Crippen molar-refractivity contribution in [2.75, 3.05) is 10.6 Å². The molecule has 6 nitrogen and oxygen atoms in total. The van der Waals surface area contributed by atoms with Crippen molar-refractivity contribution in [2.45, 2.75) is 33.1 Å². The maximum atomic E-state index is 13.3. The number of halogens is 4. The number of carbonyl (C=O) groups is 2. The molecule has 4 rings (SSSR count). The molecule has 36 heavy (non-hydrogen) atoms. The first kappa shape index (κ1) is 27.8. The van der Waals surface area contributed by atoms with E-state index in [2.05, 4.69) is 20.6 Å². The van der Waals surface area contributed by atoms with E-state index in [4.69, 9.17) is 34.8 Å². The molecule has 0 saturated carbocycles. The van der Waals surface area contributed by atoms with Crippen LogP contribution in [0.2, 0.25) is 15.1 Å². The smallest absolute Gasteiger partial charge is 0.258 e. The lowest BCUT2D eigenvalue weighted by atomic mass is 9.96. The van der Waals surface area contributed by atoms with Gasteiger partial charge in [0.25, 0.3) is 11.8 Å². The van der Waals surface area contributed by atoms with Crippen LogP contribution in [-0.4, -0.2) is 21.8 Å². The zero-order valence-corrected chi connectivity index (χ0v) is 23.0. The summed E-state index contributed by atoms with van der Waals surface area (Å²) in [4.78, 5) is 34.2. The minimum atomic E-state index is -0.455. The lowest BCUT2D eigenvalue weighted by molar-refractivity contribution is 0.101. The van der Waals surface area contributed by atoms with Crippen molar-refractivity contribution in [1.82, 2.24) is 9.97 Å². The molecule has 0 atom stereocenters. The summed E-state index contributed by atoms with van der Waals surface area (Å²) >= 11 is 18.4. The average molecular weight is 566 g/mol. The lowest BCUT2D eigenvalue weighted by Crippen LogP contribution is -2.16. The van der Waals surface area contributed by atoms with Gasteiger partial charge in [0.15, 0.2) is 0 Å². The Balaban J connectivity index is 0.00000361.